The van der Waals surface area contributed by atoms with Gasteiger partial charge >= 0.3 is 5.97 Å². The number of hydrogen-bond acceptors (Lipinski definition) is 3. The summed E-state index contributed by atoms with van der Waals surface area (Å²) < 4.78 is 17.9. The van der Waals surface area contributed by atoms with Gasteiger partial charge in [0.25, 0.3) is 0 Å². The molecular weight excluding hydrogens is 245 g/mol. The predicted molar refractivity (Wildman–Crippen MR) is 73.3 cm³/mol. The van der Waals surface area contributed by atoms with Crippen LogP contribution in [0.25, 0.3) is 0 Å². The second-order valence-electron chi connectivity index (χ2n) is 4.53. The molecular formula is C15H22FNO2. The van der Waals surface area contributed by atoms with Gasteiger partial charge in [-0.25, -0.2) is 4.39 Å². The molecule has 0 saturated carbocycles. The number of nitrogens with one attached hydrogen (secondary N) is 1. The topological polar surface area (TPSA) is 38.3 Å². The number of hydrogen-bond donors (Lipinski definition) is 1. The number of carbonyl (C=O) groups is 1. The Morgan fingerprint density at radius 2 is 1.95 bits per heavy atom. The third-order valence-electron chi connectivity index (χ3n) is 2.97. The van der Waals surface area contributed by atoms with Crippen LogP contribution in [-0.4, -0.2) is 18.6 Å². The number of halogens is 1. The van der Waals surface area contributed by atoms with Gasteiger partial charge in [-0.3, -0.25) is 10.1 Å². The van der Waals surface area contributed by atoms with E-state index < -0.39 is 0 Å². The molecule has 0 aliphatic rings. The summed E-state index contributed by atoms with van der Waals surface area (Å²) >= 11 is 0. The standard InChI is InChI=1S/C15H22FNO2/c1-4-6-14(15(18)19-5-2)17-11(3)12-7-9-13(16)10-8-12/h7-11,14,17H,4-6H2,1-3H3/t11-,14?/m0/s1. The highest BCUT2D eigenvalue weighted by Crippen LogP contribution is 2.15. The minimum absolute atomic E-state index is 0.0263. The zero-order chi connectivity index (χ0) is 14.3. The fourth-order valence-electron chi connectivity index (χ4n) is 1.95. The average molecular weight is 267 g/mol. The number of rotatable bonds is 7. The lowest BCUT2D eigenvalue weighted by molar-refractivity contribution is -0.146. The Labute approximate surface area is 114 Å². The molecule has 3 nitrogen and oxygen atoms in total. The van der Waals surface area contributed by atoms with Crippen molar-refractivity contribution in [3.8, 4) is 0 Å². The quantitative estimate of drug-likeness (QED) is 0.771. The van der Waals surface area contributed by atoms with Gasteiger partial charge in [-0.2, -0.15) is 0 Å². The van der Waals surface area contributed by atoms with Crippen LogP contribution in [0.4, 0.5) is 4.39 Å². The van der Waals surface area contributed by atoms with E-state index in [2.05, 4.69) is 5.32 Å². The first kappa shape index (κ1) is 15.6. The number of esters is 1. The minimum Gasteiger partial charge on any atom is -0.465 e. The highest BCUT2D eigenvalue weighted by Gasteiger charge is 2.21. The Morgan fingerprint density at radius 1 is 1.32 bits per heavy atom. The van der Waals surface area contributed by atoms with Gasteiger partial charge in [0.2, 0.25) is 0 Å². The van der Waals surface area contributed by atoms with E-state index in [1.165, 1.54) is 12.1 Å². The van der Waals surface area contributed by atoms with E-state index in [1.807, 2.05) is 13.8 Å². The molecule has 0 fully saturated rings. The molecule has 0 bridgehead atoms. The maximum absolute atomic E-state index is 12.9. The summed E-state index contributed by atoms with van der Waals surface area (Å²) in [5.41, 5.74) is 0.951. The van der Waals surface area contributed by atoms with E-state index in [1.54, 1.807) is 19.1 Å². The lowest BCUT2D eigenvalue weighted by Crippen LogP contribution is -2.39. The Morgan fingerprint density at radius 3 is 2.47 bits per heavy atom. The van der Waals surface area contributed by atoms with Crippen molar-refractivity contribution >= 4 is 5.97 Å². The van der Waals surface area contributed by atoms with Crippen LogP contribution in [0, 0.1) is 5.82 Å². The molecule has 1 aromatic rings. The Kier molecular flexibility index (Phi) is 6.50. The molecule has 0 aliphatic carbocycles. The zero-order valence-corrected chi connectivity index (χ0v) is 11.8. The van der Waals surface area contributed by atoms with Gasteiger partial charge in [0.05, 0.1) is 6.61 Å². The van der Waals surface area contributed by atoms with Gasteiger partial charge in [-0.1, -0.05) is 25.5 Å². The summed E-state index contributed by atoms with van der Waals surface area (Å²) in [7, 11) is 0. The third-order valence-corrected chi connectivity index (χ3v) is 2.97. The van der Waals surface area contributed by atoms with Gasteiger partial charge in [0.1, 0.15) is 11.9 Å². The highest BCUT2D eigenvalue weighted by molar-refractivity contribution is 5.75. The maximum atomic E-state index is 12.9. The molecule has 1 unspecified atom stereocenters. The van der Waals surface area contributed by atoms with Crippen molar-refractivity contribution in [2.24, 2.45) is 0 Å². The summed E-state index contributed by atoms with van der Waals surface area (Å²) in [6.07, 6.45) is 1.62. The Bertz CT molecular complexity index is 392. The fourth-order valence-corrected chi connectivity index (χ4v) is 1.95. The van der Waals surface area contributed by atoms with Crippen molar-refractivity contribution in [1.29, 1.82) is 0 Å². The second-order valence-corrected chi connectivity index (χ2v) is 4.53. The summed E-state index contributed by atoms with van der Waals surface area (Å²) in [6.45, 7) is 6.15. The largest absolute Gasteiger partial charge is 0.465 e. The lowest BCUT2D eigenvalue weighted by Gasteiger charge is -2.22. The highest BCUT2D eigenvalue weighted by atomic mass is 19.1. The zero-order valence-electron chi connectivity index (χ0n) is 11.8. The molecule has 0 aromatic heterocycles. The molecule has 1 rings (SSSR count). The first-order valence-electron chi connectivity index (χ1n) is 6.76. The van der Waals surface area contributed by atoms with Gasteiger partial charge in [-0.05, 0) is 38.0 Å². The predicted octanol–water partition coefficient (Wildman–Crippen LogP) is 3.21. The van der Waals surface area contributed by atoms with Crippen LogP contribution >= 0.6 is 0 Å². The first-order valence-corrected chi connectivity index (χ1v) is 6.76. The van der Waals surface area contributed by atoms with Crippen molar-refractivity contribution < 1.29 is 13.9 Å². The minimum atomic E-state index is -0.315. The summed E-state index contributed by atoms with van der Waals surface area (Å²) in [5.74, 6) is -0.482. The van der Waals surface area contributed by atoms with Gasteiger partial charge in [0.15, 0.2) is 0 Å². The van der Waals surface area contributed by atoms with E-state index in [-0.39, 0.29) is 23.9 Å². The van der Waals surface area contributed by atoms with Crippen LogP contribution in [0.1, 0.15) is 45.2 Å². The van der Waals surface area contributed by atoms with E-state index >= 15 is 0 Å². The molecule has 4 heteroatoms. The van der Waals surface area contributed by atoms with Crippen LogP contribution in [0.15, 0.2) is 24.3 Å². The number of carbonyl (C=O) groups excluding carboxylic acids is 1. The molecule has 106 valence electrons. The molecule has 19 heavy (non-hydrogen) atoms. The van der Waals surface area contributed by atoms with Gasteiger partial charge in [0, 0.05) is 6.04 Å². The van der Waals surface area contributed by atoms with Crippen LogP contribution in [-0.2, 0) is 9.53 Å². The van der Waals surface area contributed by atoms with Gasteiger partial charge < -0.3 is 4.74 Å². The van der Waals surface area contributed by atoms with Crippen molar-refractivity contribution in [2.45, 2.75) is 45.7 Å². The van der Waals surface area contributed by atoms with Crippen LogP contribution in [0.5, 0.6) is 0 Å². The summed E-state index contributed by atoms with van der Waals surface area (Å²) in [4.78, 5) is 11.8. The van der Waals surface area contributed by atoms with Crippen molar-refractivity contribution in [3.05, 3.63) is 35.6 Å². The SMILES string of the molecule is CCCC(N[C@@H](C)c1ccc(F)cc1)C(=O)OCC. The molecule has 0 saturated heterocycles. The van der Waals surface area contributed by atoms with Crippen molar-refractivity contribution in [1.82, 2.24) is 5.32 Å². The summed E-state index contributed by atoms with van der Waals surface area (Å²) in [6, 6.07) is 5.95. The van der Waals surface area contributed by atoms with Crippen LogP contribution in [0.3, 0.4) is 0 Å². The Hall–Kier alpha value is -1.42. The summed E-state index contributed by atoms with van der Waals surface area (Å²) in [5, 5.41) is 3.24. The fraction of sp³-hybridized carbons (Fsp3) is 0.533. The molecule has 2 atom stereocenters. The smallest absolute Gasteiger partial charge is 0.323 e. The number of ether oxygens (including phenoxy) is 1. The van der Waals surface area contributed by atoms with E-state index in [4.69, 9.17) is 4.74 Å². The molecule has 1 aromatic carbocycles. The Balaban J connectivity index is 2.67. The first-order chi connectivity index (χ1) is 9.08. The molecule has 0 spiro atoms. The normalized spacial score (nSPS) is 13.9. The molecule has 1 N–H and O–H groups in total. The van der Waals surface area contributed by atoms with Gasteiger partial charge in [-0.15, -0.1) is 0 Å². The third kappa shape index (κ3) is 4.99. The molecule has 0 heterocycles. The molecule has 0 amide bonds. The van der Waals surface area contributed by atoms with Crippen LogP contribution < -0.4 is 5.32 Å². The molecule has 0 aliphatic heterocycles. The lowest BCUT2D eigenvalue weighted by atomic mass is 10.1. The maximum Gasteiger partial charge on any atom is 0.323 e. The monoisotopic (exact) mass is 267 g/mol. The number of benzene rings is 1. The van der Waals surface area contributed by atoms with E-state index in [0.717, 1.165) is 18.4 Å². The van der Waals surface area contributed by atoms with E-state index in [9.17, 15) is 9.18 Å². The average Bonchev–Trinajstić information content (AvgIpc) is 2.39. The second kappa shape index (κ2) is 7.89. The van der Waals surface area contributed by atoms with Crippen molar-refractivity contribution in [3.63, 3.8) is 0 Å². The molecule has 0 radical (unpaired) electrons. The van der Waals surface area contributed by atoms with Crippen molar-refractivity contribution in [2.75, 3.05) is 6.61 Å². The van der Waals surface area contributed by atoms with E-state index in [0.29, 0.717) is 6.61 Å². The van der Waals surface area contributed by atoms with Crippen LogP contribution in [0.2, 0.25) is 0 Å².